The molecule has 1 aliphatic rings. The van der Waals surface area contributed by atoms with Crippen LogP contribution in [-0.2, 0) is 0 Å². The van der Waals surface area contributed by atoms with Crippen LogP contribution in [0.25, 0.3) is 0 Å². The van der Waals surface area contributed by atoms with Gasteiger partial charge in [-0.3, -0.25) is 4.79 Å². The van der Waals surface area contributed by atoms with Crippen LogP contribution in [0.5, 0.6) is 0 Å². The number of halogens is 3. The van der Waals surface area contributed by atoms with Crippen LogP contribution in [0.1, 0.15) is 36.0 Å². The molecule has 1 fully saturated rings. The predicted octanol–water partition coefficient (Wildman–Crippen LogP) is 3.99. The van der Waals surface area contributed by atoms with Crippen molar-refractivity contribution < 1.29 is 13.6 Å². The Labute approximate surface area is 97.4 Å². The second-order valence-electron chi connectivity index (χ2n) is 4.17. The minimum Gasteiger partial charge on any atom is -0.294 e. The minimum atomic E-state index is -1.03. The van der Waals surface area contributed by atoms with E-state index < -0.39 is 11.6 Å². The molecule has 0 radical (unpaired) electrons. The molecule has 0 bridgehead atoms. The van der Waals surface area contributed by atoms with Crippen molar-refractivity contribution in [1.29, 1.82) is 0 Å². The molecular formula is C12H11ClF2O. The molecule has 0 saturated heterocycles. The SMILES string of the molecule is O=C(CC1CCC1)c1cc(F)c(F)cc1Cl. The third-order valence-electron chi connectivity index (χ3n) is 3.01. The zero-order chi connectivity index (χ0) is 11.7. The highest BCUT2D eigenvalue weighted by atomic mass is 35.5. The Morgan fingerprint density at radius 2 is 1.94 bits per heavy atom. The summed E-state index contributed by atoms with van der Waals surface area (Å²) in [5.41, 5.74) is 0.0902. The summed E-state index contributed by atoms with van der Waals surface area (Å²) in [6.07, 6.45) is 3.59. The van der Waals surface area contributed by atoms with Crippen LogP contribution in [-0.4, -0.2) is 5.78 Å². The van der Waals surface area contributed by atoms with Gasteiger partial charge in [0.05, 0.1) is 5.02 Å². The summed E-state index contributed by atoms with van der Waals surface area (Å²) in [6, 6.07) is 1.74. The van der Waals surface area contributed by atoms with Gasteiger partial charge in [0.25, 0.3) is 0 Å². The summed E-state index contributed by atoms with van der Waals surface area (Å²) >= 11 is 5.71. The van der Waals surface area contributed by atoms with E-state index in [2.05, 4.69) is 0 Å². The molecule has 86 valence electrons. The molecule has 0 amide bonds. The average molecular weight is 245 g/mol. The molecule has 1 saturated carbocycles. The second kappa shape index (κ2) is 4.50. The van der Waals surface area contributed by atoms with Gasteiger partial charge in [0.1, 0.15) is 0 Å². The fourth-order valence-electron chi connectivity index (χ4n) is 1.81. The molecule has 0 unspecified atom stereocenters. The quantitative estimate of drug-likeness (QED) is 0.580. The number of carbonyl (C=O) groups excluding carboxylic acids is 1. The third kappa shape index (κ3) is 2.24. The Kier molecular flexibility index (Phi) is 3.24. The Balaban J connectivity index is 2.18. The molecule has 1 nitrogen and oxygen atoms in total. The molecule has 0 aliphatic heterocycles. The zero-order valence-corrected chi connectivity index (χ0v) is 9.36. The van der Waals surface area contributed by atoms with Gasteiger partial charge < -0.3 is 0 Å². The number of benzene rings is 1. The highest BCUT2D eigenvalue weighted by Gasteiger charge is 2.23. The molecular weight excluding hydrogens is 234 g/mol. The maximum atomic E-state index is 13.0. The predicted molar refractivity (Wildman–Crippen MR) is 57.7 cm³/mol. The van der Waals surface area contributed by atoms with Crippen LogP contribution in [0.15, 0.2) is 12.1 Å². The van der Waals surface area contributed by atoms with E-state index in [0.29, 0.717) is 12.3 Å². The first kappa shape index (κ1) is 11.5. The molecule has 0 heterocycles. The van der Waals surface area contributed by atoms with Gasteiger partial charge in [-0.1, -0.05) is 30.9 Å². The van der Waals surface area contributed by atoms with Gasteiger partial charge in [-0.15, -0.1) is 0 Å². The Morgan fingerprint density at radius 3 is 2.50 bits per heavy atom. The molecule has 0 aromatic heterocycles. The largest absolute Gasteiger partial charge is 0.294 e. The molecule has 4 heteroatoms. The van der Waals surface area contributed by atoms with Crippen LogP contribution in [0, 0.1) is 17.6 Å². The van der Waals surface area contributed by atoms with E-state index >= 15 is 0 Å². The lowest BCUT2D eigenvalue weighted by Crippen LogP contribution is -2.16. The molecule has 1 aliphatic carbocycles. The van der Waals surface area contributed by atoms with Crippen molar-refractivity contribution >= 4 is 17.4 Å². The first-order chi connectivity index (χ1) is 7.58. The van der Waals surface area contributed by atoms with Gasteiger partial charge in [-0.2, -0.15) is 0 Å². The zero-order valence-electron chi connectivity index (χ0n) is 8.60. The lowest BCUT2D eigenvalue weighted by molar-refractivity contribution is 0.0936. The van der Waals surface area contributed by atoms with Crippen molar-refractivity contribution in [1.82, 2.24) is 0 Å². The molecule has 0 atom stereocenters. The van der Waals surface area contributed by atoms with Crippen molar-refractivity contribution in [2.45, 2.75) is 25.7 Å². The number of carbonyl (C=O) groups is 1. The summed E-state index contributed by atoms with van der Waals surface area (Å²) in [5, 5.41) is -0.0109. The standard InChI is InChI=1S/C12H11ClF2O/c13-9-6-11(15)10(14)5-8(9)12(16)4-7-2-1-3-7/h5-7H,1-4H2. The van der Waals surface area contributed by atoms with Crippen molar-refractivity contribution in [3.63, 3.8) is 0 Å². The van der Waals surface area contributed by atoms with Crippen molar-refractivity contribution in [3.05, 3.63) is 34.4 Å². The topological polar surface area (TPSA) is 17.1 Å². The van der Waals surface area contributed by atoms with Gasteiger partial charge in [-0.05, 0) is 18.1 Å². The highest BCUT2D eigenvalue weighted by Crippen LogP contribution is 2.32. The Morgan fingerprint density at radius 1 is 1.31 bits per heavy atom. The maximum absolute atomic E-state index is 13.0. The van der Waals surface area contributed by atoms with Gasteiger partial charge in [0, 0.05) is 12.0 Å². The second-order valence-corrected chi connectivity index (χ2v) is 4.58. The third-order valence-corrected chi connectivity index (χ3v) is 3.32. The van der Waals surface area contributed by atoms with Crippen LogP contribution in [0.2, 0.25) is 5.02 Å². The molecule has 2 rings (SSSR count). The van der Waals surface area contributed by atoms with Crippen LogP contribution in [0.4, 0.5) is 8.78 Å². The highest BCUT2D eigenvalue weighted by molar-refractivity contribution is 6.34. The van der Waals surface area contributed by atoms with E-state index in [1.165, 1.54) is 0 Å². The first-order valence-electron chi connectivity index (χ1n) is 5.25. The van der Waals surface area contributed by atoms with Crippen LogP contribution < -0.4 is 0 Å². The van der Waals surface area contributed by atoms with E-state index in [1.807, 2.05) is 0 Å². The fourth-order valence-corrected chi connectivity index (χ4v) is 2.06. The monoisotopic (exact) mass is 244 g/mol. The van der Waals surface area contributed by atoms with Crippen molar-refractivity contribution in [2.24, 2.45) is 5.92 Å². The molecule has 0 N–H and O–H groups in total. The van der Waals surface area contributed by atoms with E-state index in [9.17, 15) is 13.6 Å². The molecule has 16 heavy (non-hydrogen) atoms. The minimum absolute atomic E-state index is 0.0109. The van der Waals surface area contributed by atoms with E-state index in [1.54, 1.807) is 0 Å². The number of rotatable bonds is 3. The number of hydrogen-bond acceptors (Lipinski definition) is 1. The van der Waals surface area contributed by atoms with Gasteiger partial charge in [0.2, 0.25) is 0 Å². The van der Waals surface area contributed by atoms with E-state index in [-0.39, 0.29) is 16.4 Å². The molecule has 1 aromatic rings. The van der Waals surface area contributed by atoms with Crippen molar-refractivity contribution in [3.8, 4) is 0 Å². The Bertz CT molecular complexity index is 427. The summed E-state index contributed by atoms with van der Waals surface area (Å²) < 4.78 is 25.8. The van der Waals surface area contributed by atoms with Gasteiger partial charge in [0.15, 0.2) is 17.4 Å². The smallest absolute Gasteiger partial charge is 0.164 e. The van der Waals surface area contributed by atoms with Gasteiger partial charge >= 0.3 is 0 Å². The number of hydrogen-bond donors (Lipinski definition) is 0. The normalized spacial score (nSPS) is 15.9. The molecule has 1 aromatic carbocycles. The van der Waals surface area contributed by atoms with Gasteiger partial charge in [-0.25, -0.2) is 8.78 Å². The maximum Gasteiger partial charge on any atom is 0.164 e. The molecule has 0 spiro atoms. The lowest BCUT2D eigenvalue weighted by Gasteiger charge is -2.24. The van der Waals surface area contributed by atoms with Crippen molar-refractivity contribution in [2.75, 3.05) is 0 Å². The summed E-state index contributed by atoms with van der Waals surface area (Å²) in [6.45, 7) is 0. The fraction of sp³-hybridized carbons (Fsp3) is 0.417. The summed E-state index contributed by atoms with van der Waals surface area (Å²) in [5.74, 6) is -1.86. The number of Topliss-reactive ketones (excluding diaryl/α,β-unsaturated/α-hetero) is 1. The van der Waals surface area contributed by atoms with Crippen LogP contribution in [0.3, 0.4) is 0 Å². The van der Waals surface area contributed by atoms with E-state index in [4.69, 9.17) is 11.6 Å². The van der Waals surface area contributed by atoms with Crippen LogP contribution >= 0.6 is 11.6 Å². The first-order valence-corrected chi connectivity index (χ1v) is 5.63. The average Bonchev–Trinajstić information content (AvgIpc) is 2.17. The number of ketones is 1. The Hall–Kier alpha value is -0.960. The van der Waals surface area contributed by atoms with E-state index in [0.717, 1.165) is 31.4 Å². The summed E-state index contributed by atoms with van der Waals surface area (Å²) in [4.78, 5) is 11.8. The lowest BCUT2D eigenvalue weighted by atomic mass is 9.81. The summed E-state index contributed by atoms with van der Waals surface area (Å²) in [7, 11) is 0.